The van der Waals surface area contributed by atoms with Gasteiger partial charge in [-0.05, 0) is 31.5 Å². The number of hydrogen-bond donors (Lipinski definition) is 1. The van der Waals surface area contributed by atoms with E-state index in [2.05, 4.69) is 4.90 Å². The number of ketones is 1. The van der Waals surface area contributed by atoms with Gasteiger partial charge in [-0.1, -0.05) is 23.7 Å². The number of piperidine rings is 1. The van der Waals surface area contributed by atoms with E-state index in [1.165, 1.54) is 0 Å². The summed E-state index contributed by atoms with van der Waals surface area (Å²) in [5.74, 6) is 0.0701. The van der Waals surface area contributed by atoms with Crippen molar-refractivity contribution in [2.75, 3.05) is 19.6 Å². The number of hydrogen-bond acceptors (Lipinski definition) is 3. The number of aliphatic hydroxyl groups is 1. The molecule has 1 aromatic rings. The lowest BCUT2D eigenvalue weighted by Crippen LogP contribution is -2.39. The van der Waals surface area contributed by atoms with Crippen LogP contribution >= 0.6 is 11.6 Å². The standard InChI is InChI=1S/C14H18ClNO2/c15-13-6-2-1-5-12(13)14(18)7-9-16-8-3-4-11(17)10-16/h1-2,5-6,11,17H,3-4,7-10H2. The van der Waals surface area contributed by atoms with Crippen LogP contribution in [0.15, 0.2) is 24.3 Å². The highest BCUT2D eigenvalue weighted by atomic mass is 35.5. The van der Waals surface area contributed by atoms with Gasteiger partial charge >= 0.3 is 0 Å². The Morgan fingerprint density at radius 2 is 2.22 bits per heavy atom. The second-order valence-corrected chi connectivity index (χ2v) is 5.16. The summed E-state index contributed by atoms with van der Waals surface area (Å²) in [5.41, 5.74) is 0.594. The summed E-state index contributed by atoms with van der Waals surface area (Å²) in [6, 6.07) is 7.14. The van der Waals surface area contributed by atoms with Crippen LogP contribution in [0.3, 0.4) is 0 Å². The third kappa shape index (κ3) is 3.55. The third-order valence-corrected chi connectivity index (χ3v) is 3.64. The van der Waals surface area contributed by atoms with Crippen LogP contribution in [-0.4, -0.2) is 41.5 Å². The summed E-state index contributed by atoms with van der Waals surface area (Å²) in [6.45, 7) is 2.34. The molecule has 0 amide bonds. The summed E-state index contributed by atoms with van der Waals surface area (Å²) in [7, 11) is 0. The number of β-amino-alcohol motifs (C(OH)–C–C–N with tert-alkyl or cyclic N) is 1. The largest absolute Gasteiger partial charge is 0.392 e. The molecule has 18 heavy (non-hydrogen) atoms. The summed E-state index contributed by atoms with van der Waals surface area (Å²) in [6.07, 6.45) is 2.08. The molecule has 0 radical (unpaired) electrons. The van der Waals surface area contributed by atoms with Gasteiger partial charge in [-0.25, -0.2) is 0 Å². The number of halogens is 1. The van der Waals surface area contributed by atoms with Crippen molar-refractivity contribution in [3.05, 3.63) is 34.9 Å². The second kappa shape index (κ2) is 6.32. The summed E-state index contributed by atoms with van der Waals surface area (Å²) in [5, 5.41) is 10.1. The van der Waals surface area contributed by atoms with Gasteiger partial charge in [-0.2, -0.15) is 0 Å². The van der Waals surface area contributed by atoms with Gasteiger partial charge in [0.25, 0.3) is 0 Å². The SMILES string of the molecule is O=C(CCN1CCCC(O)C1)c1ccccc1Cl. The quantitative estimate of drug-likeness (QED) is 0.852. The molecule has 1 aromatic carbocycles. The average molecular weight is 268 g/mol. The van der Waals surface area contributed by atoms with Crippen molar-refractivity contribution >= 4 is 17.4 Å². The van der Waals surface area contributed by atoms with Gasteiger partial charge in [-0.15, -0.1) is 0 Å². The van der Waals surface area contributed by atoms with Crippen LogP contribution in [0, 0.1) is 0 Å². The molecule has 2 rings (SSSR count). The molecule has 0 aromatic heterocycles. The van der Waals surface area contributed by atoms with E-state index in [9.17, 15) is 9.90 Å². The average Bonchev–Trinajstić information content (AvgIpc) is 2.37. The highest BCUT2D eigenvalue weighted by molar-refractivity contribution is 6.33. The Kier molecular flexibility index (Phi) is 4.75. The lowest BCUT2D eigenvalue weighted by atomic mass is 10.1. The minimum Gasteiger partial charge on any atom is -0.392 e. The lowest BCUT2D eigenvalue weighted by molar-refractivity contribution is 0.0670. The van der Waals surface area contributed by atoms with Crippen LogP contribution in [0.1, 0.15) is 29.6 Å². The van der Waals surface area contributed by atoms with Crippen molar-refractivity contribution < 1.29 is 9.90 Å². The number of benzene rings is 1. The minimum atomic E-state index is -0.242. The predicted octanol–water partition coefficient (Wildman–Crippen LogP) is 2.37. The molecule has 1 unspecified atom stereocenters. The highest BCUT2D eigenvalue weighted by Gasteiger charge is 2.18. The first-order valence-corrected chi connectivity index (χ1v) is 6.73. The van der Waals surface area contributed by atoms with Gasteiger partial charge in [0.15, 0.2) is 5.78 Å². The Morgan fingerprint density at radius 3 is 2.94 bits per heavy atom. The van der Waals surface area contributed by atoms with Gasteiger partial charge in [0.05, 0.1) is 11.1 Å². The normalized spacial score (nSPS) is 20.9. The van der Waals surface area contributed by atoms with E-state index in [0.717, 1.165) is 19.4 Å². The maximum absolute atomic E-state index is 12.0. The van der Waals surface area contributed by atoms with Crippen molar-refractivity contribution in [2.24, 2.45) is 0 Å². The molecule has 1 fully saturated rings. The molecule has 1 aliphatic heterocycles. The van der Waals surface area contributed by atoms with E-state index in [0.29, 0.717) is 30.1 Å². The number of likely N-dealkylation sites (tertiary alicyclic amines) is 1. The third-order valence-electron chi connectivity index (χ3n) is 3.31. The van der Waals surface area contributed by atoms with Crippen molar-refractivity contribution in [2.45, 2.75) is 25.4 Å². The van der Waals surface area contributed by atoms with E-state index in [1.807, 2.05) is 12.1 Å². The zero-order valence-corrected chi connectivity index (χ0v) is 11.1. The Balaban J connectivity index is 1.87. The van der Waals surface area contributed by atoms with Crippen LogP contribution < -0.4 is 0 Å². The molecular weight excluding hydrogens is 250 g/mol. The molecule has 1 heterocycles. The van der Waals surface area contributed by atoms with E-state index < -0.39 is 0 Å². The predicted molar refractivity (Wildman–Crippen MR) is 72.1 cm³/mol. The molecule has 1 aliphatic rings. The van der Waals surface area contributed by atoms with Crippen molar-refractivity contribution in [1.82, 2.24) is 4.90 Å². The fourth-order valence-electron chi connectivity index (χ4n) is 2.32. The maximum atomic E-state index is 12.0. The van der Waals surface area contributed by atoms with Crippen LogP contribution in [0.5, 0.6) is 0 Å². The Bertz CT molecular complexity index is 422. The smallest absolute Gasteiger partial charge is 0.165 e. The number of Topliss-reactive ketones (excluding diaryl/α,β-unsaturated/α-hetero) is 1. The number of carbonyl (C=O) groups excluding carboxylic acids is 1. The van der Waals surface area contributed by atoms with Crippen molar-refractivity contribution in [1.29, 1.82) is 0 Å². The molecule has 0 spiro atoms. The zero-order valence-electron chi connectivity index (χ0n) is 10.3. The molecule has 4 heteroatoms. The molecule has 1 N–H and O–H groups in total. The fourth-order valence-corrected chi connectivity index (χ4v) is 2.56. The number of carbonyl (C=O) groups is 1. The van der Waals surface area contributed by atoms with Gasteiger partial charge in [0.2, 0.25) is 0 Å². The first-order chi connectivity index (χ1) is 8.66. The molecule has 0 aliphatic carbocycles. The first kappa shape index (κ1) is 13.5. The van der Waals surface area contributed by atoms with Crippen LogP contribution in [0.25, 0.3) is 0 Å². The van der Waals surface area contributed by atoms with Crippen LogP contribution in [-0.2, 0) is 0 Å². The second-order valence-electron chi connectivity index (χ2n) is 4.75. The molecule has 3 nitrogen and oxygen atoms in total. The van der Waals surface area contributed by atoms with Gasteiger partial charge in [0, 0.05) is 25.1 Å². The lowest BCUT2D eigenvalue weighted by Gasteiger charge is -2.29. The maximum Gasteiger partial charge on any atom is 0.165 e. The van der Waals surface area contributed by atoms with E-state index >= 15 is 0 Å². The van der Waals surface area contributed by atoms with Crippen LogP contribution in [0.2, 0.25) is 5.02 Å². The Labute approximate surface area is 112 Å². The minimum absolute atomic E-state index is 0.0701. The molecule has 0 saturated carbocycles. The molecular formula is C14H18ClNO2. The Morgan fingerprint density at radius 1 is 1.44 bits per heavy atom. The molecule has 98 valence electrons. The van der Waals surface area contributed by atoms with Gasteiger partial charge in [0.1, 0.15) is 0 Å². The number of rotatable bonds is 4. The van der Waals surface area contributed by atoms with Gasteiger partial charge in [-0.3, -0.25) is 4.79 Å². The highest BCUT2D eigenvalue weighted by Crippen LogP contribution is 2.17. The number of nitrogens with zero attached hydrogens (tertiary/aromatic N) is 1. The summed E-state index contributed by atoms with van der Waals surface area (Å²) >= 11 is 5.99. The fraction of sp³-hybridized carbons (Fsp3) is 0.500. The van der Waals surface area contributed by atoms with E-state index in [4.69, 9.17) is 11.6 Å². The van der Waals surface area contributed by atoms with E-state index in [1.54, 1.807) is 12.1 Å². The Hall–Kier alpha value is -0.900. The molecule has 1 saturated heterocycles. The molecule has 1 atom stereocenters. The number of aliphatic hydroxyl groups excluding tert-OH is 1. The monoisotopic (exact) mass is 267 g/mol. The zero-order chi connectivity index (χ0) is 13.0. The first-order valence-electron chi connectivity index (χ1n) is 6.35. The summed E-state index contributed by atoms with van der Waals surface area (Å²) in [4.78, 5) is 14.2. The summed E-state index contributed by atoms with van der Waals surface area (Å²) < 4.78 is 0. The van der Waals surface area contributed by atoms with E-state index in [-0.39, 0.29) is 11.9 Å². The van der Waals surface area contributed by atoms with Gasteiger partial charge < -0.3 is 10.0 Å². The van der Waals surface area contributed by atoms with Crippen molar-refractivity contribution in [3.63, 3.8) is 0 Å². The molecule has 0 bridgehead atoms. The topological polar surface area (TPSA) is 40.5 Å². The van der Waals surface area contributed by atoms with Crippen molar-refractivity contribution in [3.8, 4) is 0 Å². The van der Waals surface area contributed by atoms with Crippen LogP contribution in [0.4, 0.5) is 0 Å².